The van der Waals surface area contributed by atoms with Crippen molar-refractivity contribution in [2.24, 2.45) is 5.92 Å². The van der Waals surface area contributed by atoms with Crippen molar-refractivity contribution >= 4 is 23.2 Å². The van der Waals surface area contributed by atoms with E-state index < -0.39 is 6.10 Å². The zero-order chi connectivity index (χ0) is 13.0. The van der Waals surface area contributed by atoms with Crippen LogP contribution in [-0.2, 0) is 0 Å². The number of halogens is 2. The van der Waals surface area contributed by atoms with E-state index in [4.69, 9.17) is 27.9 Å². The minimum Gasteiger partial charge on any atom is -0.491 e. The Balaban J connectivity index is 1.79. The minimum absolute atomic E-state index is 0.299. The molecule has 0 aliphatic heterocycles. The van der Waals surface area contributed by atoms with Crippen LogP contribution < -0.4 is 4.74 Å². The first kappa shape index (κ1) is 14.0. The summed E-state index contributed by atoms with van der Waals surface area (Å²) in [5, 5.41) is 11.0. The van der Waals surface area contributed by atoms with Crippen LogP contribution in [0.15, 0.2) is 18.2 Å². The van der Waals surface area contributed by atoms with Gasteiger partial charge in [0.25, 0.3) is 0 Å². The fourth-order valence-corrected chi connectivity index (χ4v) is 3.01. The lowest BCUT2D eigenvalue weighted by molar-refractivity contribution is 0.0855. The van der Waals surface area contributed by atoms with Crippen LogP contribution in [0.25, 0.3) is 0 Å². The predicted molar refractivity (Wildman–Crippen MR) is 74.5 cm³/mol. The van der Waals surface area contributed by atoms with Gasteiger partial charge in [-0.15, -0.1) is 0 Å². The van der Waals surface area contributed by atoms with Gasteiger partial charge in [-0.05, 0) is 30.5 Å². The molecule has 0 saturated heterocycles. The van der Waals surface area contributed by atoms with E-state index in [0.29, 0.717) is 28.3 Å². The molecule has 0 amide bonds. The Kier molecular flexibility index (Phi) is 5.16. The van der Waals surface area contributed by atoms with E-state index in [2.05, 4.69) is 0 Å². The van der Waals surface area contributed by atoms with Crippen molar-refractivity contribution in [3.63, 3.8) is 0 Å². The largest absolute Gasteiger partial charge is 0.491 e. The van der Waals surface area contributed by atoms with Gasteiger partial charge in [-0.3, -0.25) is 0 Å². The standard InChI is InChI=1S/C14H18Cl2O2/c15-11-6-12(16)8-14(7-11)18-9-13(17)5-10-3-1-2-4-10/h6-8,10,13,17H,1-5,9H2. The highest BCUT2D eigenvalue weighted by molar-refractivity contribution is 6.34. The second kappa shape index (κ2) is 6.65. The molecule has 1 aromatic rings. The molecule has 0 bridgehead atoms. The third-order valence-corrected chi connectivity index (χ3v) is 3.80. The van der Waals surface area contributed by atoms with Gasteiger partial charge < -0.3 is 9.84 Å². The summed E-state index contributed by atoms with van der Waals surface area (Å²) in [6, 6.07) is 5.07. The third kappa shape index (κ3) is 4.34. The molecule has 1 saturated carbocycles. The van der Waals surface area contributed by atoms with Gasteiger partial charge in [-0.25, -0.2) is 0 Å². The first-order valence-electron chi connectivity index (χ1n) is 6.40. The summed E-state index contributed by atoms with van der Waals surface area (Å²) in [4.78, 5) is 0. The molecule has 1 aromatic carbocycles. The lowest BCUT2D eigenvalue weighted by Crippen LogP contribution is -2.20. The molecular formula is C14H18Cl2O2. The Morgan fingerprint density at radius 2 is 1.78 bits per heavy atom. The Bertz CT molecular complexity index is 369. The summed E-state index contributed by atoms with van der Waals surface area (Å²) >= 11 is 11.8. The molecule has 100 valence electrons. The van der Waals surface area contributed by atoms with Crippen molar-refractivity contribution in [3.05, 3.63) is 28.2 Å². The molecule has 2 nitrogen and oxygen atoms in total. The highest BCUT2D eigenvalue weighted by Gasteiger charge is 2.19. The SMILES string of the molecule is OC(COc1cc(Cl)cc(Cl)c1)CC1CCCC1. The summed E-state index contributed by atoms with van der Waals surface area (Å²) in [6.45, 7) is 0.299. The van der Waals surface area contributed by atoms with E-state index in [-0.39, 0.29) is 0 Å². The molecule has 1 N–H and O–H groups in total. The van der Waals surface area contributed by atoms with Crippen LogP contribution in [-0.4, -0.2) is 17.8 Å². The minimum atomic E-state index is -0.411. The Labute approximate surface area is 118 Å². The lowest BCUT2D eigenvalue weighted by atomic mass is 10.0. The zero-order valence-electron chi connectivity index (χ0n) is 10.2. The average molecular weight is 289 g/mol. The topological polar surface area (TPSA) is 29.5 Å². The molecule has 0 spiro atoms. The maximum atomic E-state index is 9.92. The van der Waals surface area contributed by atoms with E-state index in [9.17, 15) is 5.11 Å². The molecule has 1 aliphatic rings. The second-order valence-corrected chi connectivity index (χ2v) is 5.83. The van der Waals surface area contributed by atoms with E-state index >= 15 is 0 Å². The van der Waals surface area contributed by atoms with E-state index in [1.807, 2.05) is 0 Å². The van der Waals surface area contributed by atoms with Crippen molar-refractivity contribution in [1.82, 2.24) is 0 Å². The summed E-state index contributed by atoms with van der Waals surface area (Å²) < 4.78 is 5.52. The van der Waals surface area contributed by atoms with Gasteiger partial charge in [0, 0.05) is 10.0 Å². The number of hydrogen-bond acceptors (Lipinski definition) is 2. The van der Waals surface area contributed by atoms with Crippen LogP contribution in [0.5, 0.6) is 5.75 Å². The maximum absolute atomic E-state index is 9.92. The first-order valence-corrected chi connectivity index (χ1v) is 7.16. The number of benzene rings is 1. The van der Waals surface area contributed by atoms with Crippen LogP contribution in [0.4, 0.5) is 0 Å². The number of aliphatic hydroxyl groups excluding tert-OH is 1. The first-order chi connectivity index (χ1) is 8.63. The van der Waals surface area contributed by atoms with Crippen LogP contribution in [0.3, 0.4) is 0 Å². The Morgan fingerprint density at radius 3 is 2.39 bits per heavy atom. The normalized spacial score (nSPS) is 17.9. The van der Waals surface area contributed by atoms with Gasteiger partial charge in [-0.1, -0.05) is 48.9 Å². The van der Waals surface area contributed by atoms with E-state index in [1.54, 1.807) is 18.2 Å². The van der Waals surface area contributed by atoms with Crippen molar-refractivity contribution < 1.29 is 9.84 Å². The monoisotopic (exact) mass is 288 g/mol. The van der Waals surface area contributed by atoms with E-state index in [1.165, 1.54) is 25.7 Å². The van der Waals surface area contributed by atoms with Gasteiger partial charge in [0.15, 0.2) is 0 Å². The third-order valence-electron chi connectivity index (χ3n) is 3.36. The second-order valence-electron chi connectivity index (χ2n) is 4.96. The van der Waals surface area contributed by atoms with Crippen molar-refractivity contribution in [1.29, 1.82) is 0 Å². The number of rotatable bonds is 5. The summed E-state index contributed by atoms with van der Waals surface area (Å²) in [7, 11) is 0. The van der Waals surface area contributed by atoms with E-state index in [0.717, 1.165) is 6.42 Å². The summed E-state index contributed by atoms with van der Waals surface area (Å²) in [5.41, 5.74) is 0. The molecule has 1 atom stereocenters. The zero-order valence-corrected chi connectivity index (χ0v) is 11.8. The molecule has 1 unspecified atom stereocenters. The number of hydrogen-bond donors (Lipinski definition) is 1. The Morgan fingerprint density at radius 1 is 1.17 bits per heavy atom. The smallest absolute Gasteiger partial charge is 0.122 e. The molecule has 18 heavy (non-hydrogen) atoms. The van der Waals surface area contributed by atoms with Gasteiger partial charge in [0.2, 0.25) is 0 Å². The quantitative estimate of drug-likeness (QED) is 0.875. The predicted octanol–water partition coefficient (Wildman–Crippen LogP) is 4.31. The van der Waals surface area contributed by atoms with Crippen LogP contribution in [0.1, 0.15) is 32.1 Å². The lowest BCUT2D eigenvalue weighted by Gasteiger charge is -2.16. The van der Waals surface area contributed by atoms with Crippen molar-refractivity contribution in [2.75, 3.05) is 6.61 Å². The Hall–Kier alpha value is -0.440. The van der Waals surface area contributed by atoms with Crippen molar-refractivity contribution in [3.8, 4) is 5.75 Å². The number of aliphatic hydroxyl groups is 1. The molecule has 4 heteroatoms. The van der Waals surface area contributed by atoms with Gasteiger partial charge in [-0.2, -0.15) is 0 Å². The highest BCUT2D eigenvalue weighted by atomic mass is 35.5. The van der Waals surface area contributed by atoms with Gasteiger partial charge in [0.05, 0.1) is 6.10 Å². The molecule has 0 heterocycles. The average Bonchev–Trinajstić information content (AvgIpc) is 2.78. The molecule has 0 aromatic heterocycles. The molecule has 0 radical (unpaired) electrons. The van der Waals surface area contributed by atoms with Gasteiger partial charge >= 0.3 is 0 Å². The fraction of sp³-hybridized carbons (Fsp3) is 0.571. The fourth-order valence-electron chi connectivity index (χ4n) is 2.50. The summed E-state index contributed by atoms with van der Waals surface area (Å²) in [5.74, 6) is 1.27. The highest BCUT2D eigenvalue weighted by Crippen LogP contribution is 2.29. The maximum Gasteiger partial charge on any atom is 0.122 e. The van der Waals surface area contributed by atoms with Crippen molar-refractivity contribution in [2.45, 2.75) is 38.2 Å². The summed E-state index contributed by atoms with van der Waals surface area (Å²) in [6.07, 6.45) is 5.48. The molecular weight excluding hydrogens is 271 g/mol. The number of ether oxygens (including phenoxy) is 1. The van der Waals surface area contributed by atoms with Crippen LogP contribution in [0.2, 0.25) is 10.0 Å². The van der Waals surface area contributed by atoms with Crippen LogP contribution in [0, 0.1) is 5.92 Å². The van der Waals surface area contributed by atoms with Crippen LogP contribution >= 0.6 is 23.2 Å². The molecule has 2 rings (SSSR count). The van der Waals surface area contributed by atoms with Gasteiger partial charge in [0.1, 0.15) is 12.4 Å². The molecule has 1 fully saturated rings. The molecule has 1 aliphatic carbocycles.